The molecule has 0 bridgehead atoms. The van der Waals surface area contributed by atoms with E-state index in [1.165, 1.54) is 6.92 Å². The lowest BCUT2D eigenvalue weighted by molar-refractivity contribution is -0.149. The molecule has 9 heteroatoms. The van der Waals surface area contributed by atoms with Crippen molar-refractivity contribution in [1.82, 2.24) is 16.0 Å². The number of carbonyl (C=O) groups excluding carboxylic acids is 3. The van der Waals surface area contributed by atoms with E-state index in [9.17, 15) is 24.3 Å². The molecule has 0 radical (unpaired) electrons. The number of amides is 3. The molecule has 0 spiro atoms. The fraction of sp³-hybridized carbons (Fsp3) is 0.429. The zero-order chi connectivity index (χ0) is 27.6. The highest BCUT2D eigenvalue weighted by atomic mass is 16.5. The number of hydrogen-bond donors (Lipinski definition) is 4. The molecule has 0 aromatic heterocycles. The van der Waals surface area contributed by atoms with Gasteiger partial charge in [-0.05, 0) is 29.9 Å². The first-order chi connectivity index (χ1) is 17.4. The highest BCUT2D eigenvalue weighted by molar-refractivity contribution is 5.94. The first-order valence-electron chi connectivity index (χ1n) is 12.3. The number of hydrogen-bond acceptors (Lipinski definition) is 5. The summed E-state index contributed by atoms with van der Waals surface area (Å²) in [6.07, 6.45) is -0.609. The number of rotatable bonds is 12. The van der Waals surface area contributed by atoms with E-state index in [1.54, 1.807) is 27.7 Å². The first-order valence-corrected chi connectivity index (χ1v) is 12.3. The van der Waals surface area contributed by atoms with Crippen molar-refractivity contribution >= 4 is 23.9 Å². The Kier molecular flexibility index (Phi) is 10.7. The molecule has 2 aromatic rings. The highest BCUT2D eigenvalue weighted by Crippen LogP contribution is 2.18. The summed E-state index contributed by atoms with van der Waals surface area (Å²) in [5, 5.41) is 17.6. The summed E-state index contributed by atoms with van der Waals surface area (Å²) >= 11 is 0. The molecule has 3 atom stereocenters. The van der Waals surface area contributed by atoms with Crippen LogP contribution >= 0.6 is 0 Å². The summed E-state index contributed by atoms with van der Waals surface area (Å²) < 4.78 is 5.29. The van der Waals surface area contributed by atoms with Gasteiger partial charge in [0.05, 0.1) is 0 Å². The fourth-order valence-corrected chi connectivity index (χ4v) is 3.53. The molecule has 9 nitrogen and oxygen atoms in total. The van der Waals surface area contributed by atoms with Gasteiger partial charge in [-0.25, -0.2) is 9.59 Å². The first kappa shape index (κ1) is 29.4. The van der Waals surface area contributed by atoms with E-state index in [-0.39, 0.29) is 18.9 Å². The van der Waals surface area contributed by atoms with Crippen molar-refractivity contribution in [2.24, 2.45) is 11.8 Å². The second-order valence-corrected chi connectivity index (χ2v) is 9.83. The van der Waals surface area contributed by atoms with Crippen LogP contribution in [-0.4, -0.2) is 46.6 Å². The molecule has 0 heterocycles. The molecule has 0 aliphatic rings. The minimum atomic E-state index is -1.52. The van der Waals surface area contributed by atoms with Crippen LogP contribution in [-0.2, 0) is 32.1 Å². The van der Waals surface area contributed by atoms with Crippen LogP contribution in [0.15, 0.2) is 60.7 Å². The number of carboxylic acids is 1. The smallest absolute Gasteiger partial charge is 0.408 e. The number of aliphatic carboxylic acids is 1. The normalized spacial score (nSPS) is 14.2. The summed E-state index contributed by atoms with van der Waals surface area (Å²) in [6, 6.07) is 16.2. The molecule has 200 valence electrons. The number of nitrogens with one attached hydrogen (secondary N) is 3. The molecule has 37 heavy (non-hydrogen) atoms. The summed E-state index contributed by atoms with van der Waals surface area (Å²) in [4.78, 5) is 50.8. The standard InChI is InChI=1S/C28H37N3O6/c1-18(2)23(25(33)31-28(5,19(3)4)26(34)35)30-24(32)22(16-20-12-8-6-9-13-20)29-27(36)37-17-21-14-10-7-11-15-21/h6-15,18-19,22-23H,16-17H2,1-5H3,(H,29,36)(H,30,32)(H,31,33)(H,34,35). The van der Waals surface area contributed by atoms with Crippen molar-refractivity contribution in [1.29, 1.82) is 0 Å². The lowest BCUT2D eigenvalue weighted by Crippen LogP contribution is -2.62. The Morgan fingerprint density at radius 2 is 1.38 bits per heavy atom. The fourth-order valence-electron chi connectivity index (χ4n) is 3.53. The average Bonchev–Trinajstić information content (AvgIpc) is 2.86. The molecule has 0 aliphatic heterocycles. The molecule has 3 unspecified atom stereocenters. The maximum Gasteiger partial charge on any atom is 0.408 e. The Morgan fingerprint density at radius 1 is 0.838 bits per heavy atom. The van der Waals surface area contributed by atoms with Crippen molar-refractivity contribution in [3.8, 4) is 0 Å². The molecule has 2 aromatic carbocycles. The van der Waals surface area contributed by atoms with Crippen molar-refractivity contribution in [3.05, 3.63) is 71.8 Å². The lowest BCUT2D eigenvalue weighted by Gasteiger charge is -2.33. The van der Waals surface area contributed by atoms with Gasteiger partial charge >= 0.3 is 12.1 Å². The van der Waals surface area contributed by atoms with Crippen LogP contribution < -0.4 is 16.0 Å². The maximum absolute atomic E-state index is 13.3. The minimum absolute atomic E-state index is 0.0341. The Hall–Kier alpha value is -3.88. The van der Waals surface area contributed by atoms with Crippen LogP contribution in [0.5, 0.6) is 0 Å². The van der Waals surface area contributed by atoms with Gasteiger partial charge in [-0.2, -0.15) is 0 Å². The molecule has 0 saturated heterocycles. The number of ether oxygens (including phenoxy) is 1. The Labute approximate surface area is 218 Å². The molecule has 0 aliphatic carbocycles. The zero-order valence-corrected chi connectivity index (χ0v) is 22.0. The van der Waals surface area contributed by atoms with Crippen molar-refractivity contribution in [2.45, 2.75) is 65.3 Å². The van der Waals surface area contributed by atoms with E-state index < -0.39 is 47.4 Å². The molecular weight excluding hydrogens is 474 g/mol. The summed E-state index contributed by atoms with van der Waals surface area (Å²) in [6.45, 7) is 8.33. The van der Waals surface area contributed by atoms with Gasteiger partial charge in [-0.3, -0.25) is 9.59 Å². The monoisotopic (exact) mass is 511 g/mol. The SMILES string of the molecule is CC(C)C(NC(=O)C(Cc1ccccc1)NC(=O)OCc1ccccc1)C(=O)NC(C)(C(=O)O)C(C)C. The average molecular weight is 512 g/mol. The lowest BCUT2D eigenvalue weighted by atomic mass is 9.87. The van der Waals surface area contributed by atoms with Gasteiger partial charge in [-0.1, -0.05) is 88.4 Å². The predicted octanol–water partition coefficient (Wildman–Crippen LogP) is 3.28. The van der Waals surface area contributed by atoms with Crippen molar-refractivity contribution < 1.29 is 29.0 Å². The van der Waals surface area contributed by atoms with Crippen LogP contribution in [0.25, 0.3) is 0 Å². The third-order valence-electron chi connectivity index (χ3n) is 6.33. The number of benzene rings is 2. The molecular formula is C28H37N3O6. The van der Waals surface area contributed by atoms with Gasteiger partial charge < -0.3 is 25.8 Å². The van der Waals surface area contributed by atoms with E-state index in [4.69, 9.17) is 4.74 Å². The van der Waals surface area contributed by atoms with E-state index >= 15 is 0 Å². The molecule has 3 amide bonds. The van der Waals surface area contributed by atoms with Gasteiger partial charge in [0.15, 0.2) is 0 Å². The number of alkyl carbamates (subject to hydrolysis) is 1. The van der Waals surface area contributed by atoms with Gasteiger partial charge in [0, 0.05) is 6.42 Å². The topological polar surface area (TPSA) is 134 Å². The Bertz CT molecular complexity index is 1060. The van der Waals surface area contributed by atoms with E-state index in [2.05, 4.69) is 16.0 Å². The zero-order valence-electron chi connectivity index (χ0n) is 22.0. The third-order valence-corrected chi connectivity index (χ3v) is 6.33. The minimum Gasteiger partial charge on any atom is -0.480 e. The second kappa shape index (κ2) is 13.4. The predicted molar refractivity (Wildman–Crippen MR) is 139 cm³/mol. The summed E-state index contributed by atoms with van der Waals surface area (Å²) in [7, 11) is 0. The number of carbonyl (C=O) groups is 4. The third kappa shape index (κ3) is 8.63. The highest BCUT2D eigenvalue weighted by Gasteiger charge is 2.40. The molecule has 0 saturated carbocycles. The second-order valence-electron chi connectivity index (χ2n) is 9.83. The Morgan fingerprint density at radius 3 is 1.86 bits per heavy atom. The van der Waals surface area contributed by atoms with Crippen molar-refractivity contribution in [3.63, 3.8) is 0 Å². The van der Waals surface area contributed by atoms with Crippen LogP contribution in [0.3, 0.4) is 0 Å². The van der Waals surface area contributed by atoms with Crippen LogP contribution in [0.2, 0.25) is 0 Å². The summed E-state index contributed by atoms with van der Waals surface area (Å²) in [5.41, 5.74) is 0.0810. The van der Waals surface area contributed by atoms with E-state index in [0.717, 1.165) is 11.1 Å². The van der Waals surface area contributed by atoms with Crippen molar-refractivity contribution in [2.75, 3.05) is 0 Å². The van der Waals surface area contributed by atoms with Crippen LogP contribution in [0, 0.1) is 11.8 Å². The van der Waals surface area contributed by atoms with E-state index in [1.807, 2.05) is 60.7 Å². The van der Waals surface area contributed by atoms with Gasteiger partial charge in [0.25, 0.3) is 0 Å². The van der Waals surface area contributed by atoms with Crippen LogP contribution in [0.4, 0.5) is 4.79 Å². The van der Waals surface area contributed by atoms with Gasteiger partial charge in [-0.15, -0.1) is 0 Å². The maximum atomic E-state index is 13.3. The summed E-state index contributed by atoms with van der Waals surface area (Å²) in [5.74, 6) is -3.13. The van der Waals surface area contributed by atoms with Gasteiger partial charge in [0.1, 0.15) is 24.2 Å². The molecule has 0 fully saturated rings. The molecule has 4 N–H and O–H groups in total. The largest absolute Gasteiger partial charge is 0.480 e. The quantitative estimate of drug-likeness (QED) is 0.346. The Balaban J connectivity index is 2.17. The molecule has 2 rings (SSSR count). The van der Waals surface area contributed by atoms with Gasteiger partial charge in [0.2, 0.25) is 11.8 Å². The van der Waals surface area contributed by atoms with Crippen LogP contribution in [0.1, 0.15) is 45.7 Å². The van der Waals surface area contributed by atoms with E-state index in [0.29, 0.717) is 0 Å². The number of carboxylic acid groups (broad SMARTS) is 1.